The van der Waals surface area contributed by atoms with Crippen molar-refractivity contribution in [3.05, 3.63) is 52.6 Å². The molecule has 1 unspecified atom stereocenters. The molecule has 2 nitrogen and oxygen atoms in total. The monoisotopic (exact) mass is 486 g/mol. The number of hydrogen-bond acceptors (Lipinski definition) is 3. The van der Waals surface area contributed by atoms with E-state index in [4.69, 9.17) is 5.84 Å². The summed E-state index contributed by atoms with van der Waals surface area (Å²) in [6.07, 6.45) is 0. The lowest BCUT2D eigenvalue weighted by atomic mass is 10.1. The van der Waals surface area contributed by atoms with E-state index in [-0.39, 0.29) is 6.04 Å². The van der Waals surface area contributed by atoms with Crippen LogP contribution in [0.15, 0.2) is 38.6 Å². The van der Waals surface area contributed by atoms with Gasteiger partial charge in [-0.1, -0.05) is 15.9 Å². The van der Waals surface area contributed by atoms with Crippen molar-refractivity contribution < 1.29 is 0 Å². The zero-order valence-corrected chi connectivity index (χ0v) is 14.7. The Balaban J connectivity index is 2.49. The minimum atomic E-state index is -0.00605. The van der Waals surface area contributed by atoms with Crippen molar-refractivity contribution in [2.24, 2.45) is 5.84 Å². The summed E-state index contributed by atoms with van der Waals surface area (Å²) in [5, 5.41) is 2.05. The Morgan fingerprint density at radius 1 is 1.24 bits per heavy atom. The molecule has 0 radical (unpaired) electrons. The summed E-state index contributed by atoms with van der Waals surface area (Å²) in [5.41, 5.74) is 4.02. The van der Waals surface area contributed by atoms with Gasteiger partial charge in [-0.25, -0.2) is 5.43 Å². The summed E-state index contributed by atoms with van der Waals surface area (Å²) < 4.78 is 3.33. The third kappa shape index (κ3) is 3.10. The van der Waals surface area contributed by atoms with E-state index in [2.05, 4.69) is 72.0 Å². The maximum absolute atomic E-state index is 5.70. The van der Waals surface area contributed by atoms with Gasteiger partial charge in [-0.3, -0.25) is 5.84 Å². The smallest absolute Gasteiger partial charge is 0.0825 e. The molecule has 0 aliphatic heterocycles. The molecular formula is C11H9Br2IN2S. The number of nitrogens with two attached hydrogens (primary N) is 1. The third-order valence-electron chi connectivity index (χ3n) is 2.34. The van der Waals surface area contributed by atoms with Gasteiger partial charge in [0.2, 0.25) is 0 Å². The standard InChI is InChI=1S/C11H9Br2IN2S/c12-8-2-1-6(14)5-7(8)10(16-15)11-9(13)3-4-17-11/h1-5,10,16H,15H2. The highest BCUT2D eigenvalue weighted by Gasteiger charge is 2.19. The highest BCUT2D eigenvalue weighted by atomic mass is 127. The quantitative estimate of drug-likeness (QED) is 0.382. The molecule has 0 saturated heterocycles. The lowest BCUT2D eigenvalue weighted by molar-refractivity contribution is 0.642. The topological polar surface area (TPSA) is 38.0 Å². The highest BCUT2D eigenvalue weighted by Crippen LogP contribution is 2.36. The van der Waals surface area contributed by atoms with E-state index in [0.29, 0.717) is 0 Å². The van der Waals surface area contributed by atoms with Crippen molar-refractivity contribution in [2.75, 3.05) is 0 Å². The van der Waals surface area contributed by atoms with Gasteiger partial charge in [0.15, 0.2) is 0 Å². The minimum absolute atomic E-state index is 0.00605. The van der Waals surface area contributed by atoms with Gasteiger partial charge in [-0.15, -0.1) is 11.3 Å². The van der Waals surface area contributed by atoms with Crippen molar-refractivity contribution in [3.63, 3.8) is 0 Å². The molecule has 90 valence electrons. The van der Waals surface area contributed by atoms with E-state index in [1.807, 2.05) is 17.5 Å². The van der Waals surface area contributed by atoms with Gasteiger partial charge in [0.05, 0.1) is 6.04 Å². The first-order valence-corrected chi connectivity index (χ1v) is 8.32. The predicted octanol–water partition coefficient (Wildman–Crippen LogP) is 4.43. The number of hydrazine groups is 1. The Kier molecular flexibility index (Phi) is 5.02. The van der Waals surface area contributed by atoms with Crippen LogP contribution in [0, 0.1) is 3.57 Å². The summed E-state index contributed by atoms with van der Waals surface area (Å²) in [6, 6.07) is 8.26. The molecule has 2 rings (SSSR count). The lowest BCUT2D eigenvalue weighted by Crippen LogP contribution is -2.28. The van der Waals surface area contributed by atoms with Crippen molar-refractivity contribution in [3.8, 4) is 0 Å². The van der Waals surface area contributed by atoms with E-state index in [1.54, 1.807) is 11.3 Å². The van der Waals surface area contributed by atoms with Crippen LogP contribution in [0.1, 0.15) is 16.5 Å². The average molecular weight is 488 g/mol. The molecule has 0 amide bonds. The maximum atomic E-state index is 5.70. The fourth-order valence-corrected chi connectivity index (χ4v) is 4.22. The van der Waals surface area contributed by atoms with Crippen molar-refractivity contribution in [1.82, 2.24) is 5.43 Å². The molecule has 0 bridgehead atoms. The molecular weight excluding hydrogens is 479 g/mol. The number of hydrogen-bond donors (Lipinski definition) is 2. The first kappa shape index (κ1) is 14.0. The number of benzene rings is 1. The molecule has 1 aromatic heterocycles. The first-order valence-electron chi connectivity index (χ1n) is 4.77. The van der Waals surface area contributed by atoms with Crippen LogP contribution in [-0.4, -0.2) is 0 Å². The molecule has 0 fully saturated rings. The van der Waals surface area contributed by atoms with Gasteiger partial charge in [0, 0.05) is 17.4 Å². The van der Waals surface area contributed by atoms with Crippen LogP contribution in [0.4, 0.5) is 0 Å². The predicted molar refractivity (Wildman–Crippen MR) is 88.0 cm³/mol. The molecule has 0 saturated carbocycles. The second kappa shape index (κ2) is 6.12. The maximum Gasteiger partial charge on any atom is 0.0825 e. The summed E-state index contributed by atoms with van der Waals surface area (Å²) in [4.78, 5) is 1.18. The van der Waals surface area contributed by atoms with E-state index in [0.717, 1.165) is 14.5 Å². The summed E-state index contributed by atoms with van der Waals surface area (Å²) >= 11 is 11.1. The van der Waals surface area contributed by atoms with Crippen LogP contribution in [0.5, 0.6) is 0 Å². The van der Waals surface area contributed by atoms with Gasteiger partial charge >= 0.3 is 0 Å². The molecule has 0 aliphatic carbocycles. The Hall–Kier alpha value is 0.530. The molecule has 1 aromatic carbocycles. The number of thiophene rings is 1. The molecule has 1 atom stereocenters. The van der Waals surface area contributed by atoms with Gasteiger partial charge in [0.25, 0.3) is 0 Å². The van der Waals surface area contributed by atoms with Gasteiger partial charge in [-0.2, -0.15) is 0 Å². The van der Waals surface area contributed by atoms with Gasteiger partial charge in [0.1, 0.15) is 0 Å². The van der Waals surface area contributed by atoms with Crippen molar-refractivity contribution >= 4 is 65.8 Å². The summed E-state index contributed by atoms with van der Waals surface area (Å²) in [7, 11) is 0. The molecule has 0 aliphatic rings. The molecule has 1 heterocycles. The Labute approximate surface area is 134 Å². The van der Waals surface area contributed by atoms with E-state index < -0.39 is 0 Å². The summed E-state index contributed by atoms with van der Waals surface area (Å²) in [5.74, 6) is 5.70. The number of halogens is 3. The molecule has 3 N–H and O–H groups in total. The van der Waals surface area contributed by atoms with Crippen molar-refractivity contribution in [2.45, 2.75) is 6.04 Å². The van der Waals surface area contributed by atoms with Crippen LogP contribution < -0.4 is 11.3 Å². The molecule has 17 heavy (non-hydrogen) atoms. The fraction of sp³-hybridized carbons (Fsp3) is 0.0909. The first-order chi connectivity index (χ1) is 8.13. The van der Waals surface area contributed by atoms with Crippen LogP contribution in [0.25, 0.3) is 0 Å². The number of rotatable bonds is 3. The second-order valence-corrected chi connectivity index (χ2v) is 7.30. The SMILES string of the molecule is NNC(c1cc(I)ccc1Br)c1sccc1Br. The summed E-state index contributed by atoms with van der Waals surface area (Å²) in [6.45, 7) is 0. The Morgan fingerprint density at radius 3 is 2.59 bits per heavy atom. The Bertz CT molecular complexity index is 530. The van der Waals surface area contributed by atoms with E-state index in [1.165, 1.54) is 8.45 Å². The third-order valence-corrected chi connectivity index (χ3v) is 5.67. The number of nitrogens with one attached hydrogen (secondary N) is 1. The zero-order chi connectivity index (χ0) is 12.4. The van der Waals surface area contributed by atoms with Crippen LogP contribution in [0.3, 0.4) is 0 Å². The van der Waals surface area contributed by atoms with Crippen molar-refractivity contribution in [1.29, 1.82) is 0 Å². The molecule has 2 aromatic rings. The van der Waals surface area contributed by atoms with Crippen LogP contribution in [-0.2, 0) is 0 Å². The van der Waals surface area contributed by atoms with Crippen LogP contribution in [0.2, 0.25) is 0 Å². The van der Waals surface area contributed by atoms with Crippen LogP contribution >= 0.6 is 65.8 Å². The average Bonchev–Trinajstić information content (AvgIpc) is 2.71. The molecule has 6 heteroatoms. The zero-order valence-electron chi connectivity index (χ0n) is 8.58. The van der Waals surface area contributed by atoms with Gasteiger partial charge < -0.3 is 0 Å². The lowest BCUT2D eigenvalue weighted by Gasteiger charge is -2.17. The normalized spacial score (nSPS) is 12.7. The highest BCUT2D eigenvalue weighted by molar-refractivity contribution is 14.1. The Morgan fingerprint density at radius 2 is 2.00 bits per heavy atom. The van der Waals surface area contributed by atoms with Gasteiger partial charge in [-0.05, 0) is 73.7 Å². The largest absolute Gasteiger partial charge is 0.271 e. The molecule has 0 spiro atoms. The van der Waals surface area contributed by atoms with E-state index >= 15 is 0 Å². The minimum Gasteiger partial charge on any atom is -0.271 e. The second-order valence-electron chi connectivity index (χ2n) is 3.40. The van der Waals surface area contributed by atoms with E-state index in [9.17, 15) is 0 Å². The fourth-order valence-electron chi connectivity index (χ4n) is 1.55.